The molecule has 3 N–H and O–H groups in total. The van der Waals surface area contributed by atoms with E-state index in [0.717, 1.165) is 11.8 Å². The lowest BCUT2D eigenvalue weighted by Gasteiger charge is -2.36. The highest BCUT2D eigenvalue weighted by atomic mass is 32.2. The van der Waals surface area contributed by atoms with Gasteiger partial charge in [0, 0.05) is 6.04 Å². The summed E-state index contributed by atoms with van der Waals surface area (Å²) in [5, 5.41) is 0. The molecule has 15 heavy (non-hydrogen) atoms. The van der Waals surface area contributed by atoms with Crippen LogP contribution in [0.1, 0.15) is 45.4 Å². The van der Waals surface area contributed by atoms with Gasteiger partial charge >= 0.3 is 0 Å². The first-order valence-corrected chi connectivity index (χ1v) is 7.67. The summed E-state index contributed by atoms with van der Waals surface area (Å²) in [6, 6.07) is 0.544. The second-order valence-corrected chi connectivity index (χ2v) is 5.66. The van der Waals surface area contributed by atoms with Crippen molar-refractivity contribution in [2.24, 2.45) is 17.7 Å². The molecular weight excluding hydrogens is 204 g/mol. The number of nitrogens with one attached hydrogen (secondary N) is 1. The lowest BCUT2D eigenvalue weighted by atomic mass is 9.73. The van der Waals surface area contributed by atoms with Gasteiger partial charge < -0.3 is 0 Å². The van der Waals surface area contributed by atoms with Crippen LogP contribution in [0.25, 0.3) is 0 Å². The fourth-order valence-corrected chi connectivity index (χ4v) is 3.43. The molecule has 3 heteroatoms. The Morgan fingerprint density at radius 1 is 1.40 bits per heavy atom. The van der Waals surface area contributed by atoms with E-state index in [0.29, 0.717) is 6.04 Å². The molecule has 0 saturated heterocycles. The summed E-state index contributed by atoms with van der Waals surface area (Å²) >= 11 is 1.92. The van der Waals surface area contributed by atoms with Gasteiger partial charge in [-0.1, -0.05) is 32.6 Å². The van der Waals surface area contributed by atoms with Crippen molar-refractivity contribution in [2.75, 3.05) is 12.0 Å². The minimum atomic E-state index is 0.544. The van der Waals surface area contributed by atoms with Crippen molar-refractivity contribution in [1.82, 2.24) is 5.43 Å². The molecule has 1 aliphatic rings. The van der Waals surface area contributed by atoms with Gasteiger partial charge in [0.15, 0.2) is 0 Å². The number of hydrazine groups is 1. The van der Waals surface area contributed by atoms with E-state index in [9.17, 15) is 0 Å². The molecule has 0 bridgehead atoms. The molecule has 2 nitrogen and oxygen atoms in total. The molecular formula is C12H26N2S. The van der Waals surface area contributed by atoms with E-state index in [1.165, 1.54) is 44.3 Å². The molecule has 90 valence electrons. The summed E-state index contributed by atoms with van der Waals surface area (Å²) in [5.41, 5.74) is 3.06. The summed E-state index contributed by atoms with van der Waals surface area (Å²) in [6.07, 6.45) is 10.3. The molecule has 0 aromatic carbocycles. The Balaban J connectivity index is 2.47. The first-order valence-electron chi connectivity index (χ1n) is 6.28. The average Bonchev–Trinajstić information content (AvgIpc) is 2.30. The fraction of sp³-hybridized carbons (Fsp3) is 1.00. The van der Waals surface area contributed by atoms with Crippen LogP contribution in [-0.4, -0.2) is 18.1 Å². The second-order valence-electron chi connectivity index (χ2n) is 4.67. The van der Waals surface area contributed by atoms with E-state index in [4.69, 9.17) is 5.84 Å². The Kier molecular flexibility index (Phi) is 6.69. The van der Waals surface area contributed by atoms with Crippen LogP contribution in [0.4, 0.5) is 0 Å². The van der Waals surface area contributed by atoms with Crippen molar-refractivity contribution >= 4 is 11.8 Å². The van der Waals surface area contributed by atoms with Gasteiger partial charge in [0.1, 0.15) is 0 Å². The molecule has 3 atom stereocenters. The van der Waals surface area contributed by atoms with E-state index in [1.807, 2.05) is 11.8 Å². The highest BCUT2D eigenvalue weighted by molar-refractivity contribution is 7.98. The maximum Gasteiger partial charge on any atom is 0.0249 e. The van der Waals surface area contributed by atoms with Crippen molar-refractivity contribution in [3.63, 3.8) is 0 Å². The Morgan fingerprint density at radius 2 is 2.13 bits per heavy atom. The van der Waals surface area contributed by atoms with E-state index in [1.54, 1.807) is 0 Å². The summed E-state index contributed by atoms with van der Waals surface area (Å²) in [7, 11) is 0. The van der Waals surface area contributed by atoms with Crippen LogP contribution in [0.2, 0.25) is 0 Å². The monoisotopic (exact) mass is 230 g/mol. The number of thioether (sulfide) groups is 1. The number of rotatable bonds is 6. The summed E-state index contributed by atoms with van der Waals surface area (Å²) in [5.74, 6) is 8.65. The predicted octanol–water partition coefficient (Wildman–Crippen LogP) is 2.79. The van der Waals surface area contributed by atoms with Crippen molar-refractivity contribution in [3.8, 4) is 0 Å². The van der Waals surface area contributed by atoms with Gasteiger partial charge in [0.25, 0.3) is 0 Å². The molecule has 1 saturated carbocycles. The van der Waals surface area contributed by atoms with Crippen LogP contribution in [0, 0.1) is 11.8 Å². The minimum absolute atomic E-state index is 0.544. The molecule has 0 radical (unpaired) electrons. The van der Waals surface area contributed by atoms with Gasteiger partial charge in [-0.3, -0.25) is 11.3 Å². The lowest BCUT2D eigenvalue weighted by molar-refractivity contribution is 0.173. The van der Waals surface area contributed by atoms with Crippen LogP contribution in [0.15, 0.2) is 0 Å². The van der Waals surface area contributed by atoms with Crippen LogP contribution >= 0.6 is 11.8 Å². The van der Waals surface area contributed by atoms with Gasteiger partial charge in [0.2, 0.25) is 0 Å². The average molecular weight is 230 g/mol. The fourth-order valence-electron chi connectivity index (χ4n) is 2.94. The van der Waals surface area contributed by atoms with Crippen molar-refractivity contribution in [1.29, 1.82) is 0 Å². The first kappa shape index (κ1) is 13.3. The Labute approximate surface area is 98.7 Å². The molecule has 0 aliphatic heterocycles. The Morgan fingerprint density at radius 3 is 2.73 bits per heavy atom. The quantitative estimate of drug-likeness (QED) is 0.544. The number of hydrogen-bond acceptors (Lipinski definition) is 3. The van der Waals surface area contributed by atoms with E-state index in [2.05, 4.69) is 18.6 Å². The third kappa shape index (κ3) is 3.97. The van der Waals surface area contributed by atoms with Crippen molar-refractivity contribution in [2.45, 2.75) is 51.5 Å². The Hall–Kier alpha value is 0.270. The van der Waals surface area contributed by atoms with Gasteiger partial charge in [-0.15, -0.1) is 0 Å². The smallest absolute Gasteiger partial charge is 0.0249 e. The molecule has 1 fully saturated rings. The number of hydrogen-bond donors (Lipinski definition) is 2. The minimum Gasteiger partial charge on any atom is -0.271 e. The Bertz CT molecular complexity index is 164. The van der Waals surface area contributed by atoms with Gasteiger partial charge in [-0.05, 0) is 36.7 Å². The second kappa shape index (κ2) is 7.53. The molecule has 3 unspecified atom stereocenters. The molecule has 0 amide bonds. The van der Waals surface area contributed by atoms with Crippen LogP contribution in [0.3, 0.4) is 0 Å². The zero-order chi connectivity index (χ0) is 11.1. The molecule has 0 heterocycles. The van der Waals surface area contributed by atoms with Gasteiger partial charge in [0.05, 0.1) is 0 Å². The first-order chi connectivity index (χ1) is 7.33. The lowest BCUT2D eigenvalue weighted by Crippen LogP contribution is -2.45. The van der Waals surface area contributed by atoms with Gasteiger partial charge in [-0.25, -0.2) is 0 Å². The highest BCUT2D eigenvalue weighted by Crippen LogP contribution is 2.35. The predicted molar refractivity (Wildman–Crippen MR) is 69.8 cm³/mol. The van der Waals surface area contributed by atoms with Crippen LogP contribution in [-0.2, 0) is 0 Å². The maximum absolute atomic E-state index is 5.70. The van der Waals surface area contributed by atoms with E-state index < -0.39 is 0 Å². The largest absolute Gasteiger partial charge is 0.271 e. The highest BCUT2D eigenvalue weighted by Gasteiger charge is 2.29. The van der Waals surface area contributed by atoms with Crippen LogP contribution < -0.4 is 11.3 Å². The normalized spacial score (nSPS) is 29.0. The zero-order valence-electron chi connectivity index (χ0n) is 10.2. The maximum atomic E-state index is 5.70. The van der Waals surface area contributed by atoms with E-state index >= 15 is 0 Å². The standard InChI is InChI=1S/C12H26N2S/c1-3-10-6-4-5-7-11(10)12(14-13)8-9-15-2/h10-12,14H,3-9,13H2,1-2H3. The van der Waals surface area contributed by atoms with Crippen molar-refractivity contribution < 1.29 is 0 Å². The number of nitrogens with two attached hydrogens (primary N) is 1. The molecule has 0 aromatic rings. The molecule has 1 rings (SSSR count). The molecule has 1 aliphatic carbocycles. The summed E-state index contributed by atoms with van der Waals surface area (Å²) in [4.78, 5) is 0. The van der Waals surface area contributed by atoms with E-state index in [-0.39, 0.29) is 0 Å². The van der Waals surface area contributed by atoms with Gasteiger partial charge in [-0.2, -0.15) is 11.8 Å². The third-order valence-electron chi connectivity index (χ3n) is 3.86. The van der Waals surface area contributed by atoms with Crippen LogP contribution in [0.5, 0.6) is 0 Å². The summed E-state index contributed by atoms with van der Waals surface area (Å²) in [6.45, 7) is 2.32. The third-order valence-corrected chi connectivity index (χ3v) is 4.50. The molecule has 0 spiro atoms. The molecule has 0 aromatic heterocycles. The summed E-state index contributed by atoms with van der Waals surface area (Å²) < 4.78 is 0. The zero-order valence-corrected chi connectivity index (χ0v) is 11.0. The SMILES string of the molecule is CCC1CCCCC1C(CCSC)NN. The van der Waals surface area contributed by atoms with Crippen molar-refractivity contribution in [3.05, 3.63) is 0 Å². The topological polar surface area (TPSA) is 38.0 Å².